The van der Waals surface area contributed by atoms with Gasteiger partial charge in [0.25, 0.3) is 0 Å². The van der Waals surface area contributed by atoms with Gasteiger partial charge in [-0.05, 0) is 48.0 Å². The SMILES string of the molecule is Cc1ccc(Sc2c(N)ccc3cc(N)ccc23)cc1. The van der Waals surface area contributed by atoms with E-state index in [0.29, 0.717) is 0 Å². The zero-order chi connectivity index (χ0) is 14.1. The quantitative estimate of drug-likeness (QED) is 0.681. The molecule has 0 bridgehead atoms. The molecule has 0 heterocycles. The second-order valence-corrected chi connectivity index (χ2v) is 5.96. The van der Waals surface area contributed by atoms with Crippen LogP contribution in [-0.4, -0.2) is 0 Å². The van der Waals surface area contributed by atoms with E-state index in [2.05, 4.69) is 31.2 Å². The summed E-state index contributed by atoms with van der Waals surface area (Å²) in [6.07, 6.45) is 0. The van der Waals surface area contributed by atoms with Gasteiger partial charge >= 0.3 is 0 Å². The lowest BCUT2D eigenvalue weighted by molar-refractivity contribution is 1.37. The first-order valence-corrected chi connectivity index (χ1v) is 7.27. The molecule has 0 radical (unpaired) electrons. The number of fused-ring (bicyclic) bond motifs is 1. The fraction of sp³-hybridized carbons (Fsp3) is 0.0588. The van der Waals surface area contributed by atoms with Crippen molar-refractivity contribution in [2.75, 3.05) is 11.5 Å². The Balaban J connectivity index is 2.10. The molecular weight excluding hydrogens is 264 g/mol. The van der Waals surface area contributed by atoms with E-state index in [1.54, 1.807) is 11.8 Å². The van der Waals surface area contributed by atoms with Crippen LogP contribution in [0.1, 0.15) is 5.56 Å². The van der Waals surface area contributed by atoms with E-state index in [-0.39, 0.29) is 0 Å². The molecule has 0 atom stereocenters. The molecule has 3 aromatic carbocycles. The van der Waals surface area contributed by atoms with Crippen molar-refractivity contribution in [2.24, 2.45) is 0 Å². The molecule has 3 heteroatoms. The van der Waals surface area contributed by atoms with E-state index in [9.17, 15) is 0 Å². The van der Waals surface area contributed by atoms with Crippen LogP contribution in [0.4, 0.5) is 11.4 Å². The Morgan fingerprint density at radius 1 is 0.850 bits per heavy atom. The number of benzene rings is 3. The second-order valence-electron chi connectivity index (χ2n) is 4.88. The Kier molecular flexibility index (Phi) is 3.28. The molecule has 100 valence electrons. The highest BCUT2D eigenvalue weighted by atomic mass is 32.2. The third kappa shape index (κ3) is 2.45. The summed E-state index contributed by atoms with van der Waals surface area (Å²) in [6.45, 7) is 2.09. The average Bonchev–Trinajstić information content (AvgIpc) is 2.44. The first kappa shape index (κ1) is 12.9. The Bertz CT molecular complexity index is 764. The molecule has 0 spiro atoms. The number of hydrogen-bond acceptors (Lipinski definition) is 3. The highest BCUT2D eigenvalue weighted by molar-refractivity contribution is 7.99. The number of anilines is 2. The van der Waals surface area contributed by atoms with Crippen LogP contribution in [0.5, 0.6) is 0 Å². The molecular formula is C17H16N2S. The maximum absolute atomic E-state index is 6.15. The minimum absolute atomic E-state index is 0.772. The number of nitrogen functional groups attached to an aromatic ring is 2. The molecule has 20 heavy (non-hydrogen) atoms. The molecule has 0 fully saturated rings. The zero-order valence-electron chi connectivity index (χ0n) is 11.3. The van der Waals surface area contributed by atoms with Crippen LogP contribution < -0.4 is 11.5 Å². The van der Waals surface area contributed by atoms with Gasteiger partial charge in [-0.2, -0.15) is 0 Å². The van der Waals surface area contributed by atoms with Crippen LogP contribution in [0.3, 0.4) is 0 Å². The summed E-state index contributed by atoms with van der Waals surface area (Å²) in [7, 11) is 0. The van der Waals surface area contributed by atoms with Crippen LogP contribution in [0.15, 0.2) is 64.4 Å². The largest absolute Gasteiger partial charge is 0.399 e. The van der Waals surface area contributed by atoms with Crippen molar-refractivity contribution in [1.29, 1.82) is 0 Å². The van der Waals surface area contributed by atoms with Crippen LogP contribution in [0.2, 0.25) is 0 Å². The molecule has 0 aliphatic carbocycles. The lowest BCUT2D eigenvalue weighted by atomic mass is 10.1. The Morgan fingerprint density at radius 3 is 2.35 bits per heavy atom. The molecule has 2 nitrogen and oxygen atoms in total. The van der Waals surface area contributed by atoms with Gasteiger partial charge in [-0.1, -0.05) is 41.6 Å². The molecule has 0 saturated heterocycles. The van der Waals surface area contributed by atoms with Gasteiger partial charge in [0.2, 0.25) is 0 Å². The van der Waals surface area contributed by atoms with Gasteiger partial charge < -0.3 is 11.5 Å². The van der Waals surface area contributed by atoms with Crippen LogP contribution >= 0.6 is 11.8 Å². The van der Waals surface area contributed by atoms with Crippen LogP contribution in [0, 0.1) is 6.92 Å². The zero-order valence-corrected chi connectivity index (χ0v) is 12.1. The fourth-order valence-electron chi connectivity index (χ4n) is 2.17. The lowest BCUT2D eigenvalue weighted by Crippen LogP contribution is -1.91. The third-order valence-electron chi connectivity index (χ3n) is 3.27. The number of aryl methyl sites for hydroxylation is 1. The molecule has 4 N–H and O–H groups in total. The van der Waals surface area contributed by atoms with Gasteiger partial charge in [-0.3, -0.25) is 0 Å². The first-order chi connectivity index (χ1) is 9.63. The Labute approximate surface area is 122 Å². The molecule has 0 aliphatic rings. The monoisotopic (exact) mass is 280 g/mol. The third-order valence-corrected chi connectivity index (χ3v) is 4.43. The van der Waals surface area contributed by atoms with Crippen LogP contribution in [-0.2, 0) is 0 Å². The standard InChI is InChI=1S/C17H16N2S/c1-11-2-6-14(7-3-11)20-17-15-8-5-13(18)10-12(15)4-9-16(17)19/h2-10H,18-19H2,1H3. The van der Waals surface area contributed by atoms with Gasteiger partial charge in [-0.25, -0.2) is 0 Å². The molecule has 0 amide bonds. The van der Waals surface area contributed by atoms with E-state index in [1.165, 1.54) is 10.5 Å². The summed E-state index contributed by atoms with van der Waals surface area (Å²) in [6, 6.07) is 18.4. The Morgan fingerprint density at radius 2 is 1.60 bits per heavy atom. The van der Waals surface area contributed by atoms with E-state index in [4.69, 9.17) is 11.5 Å². The van der Waals surface area contributed by atoms with Gasteiger partial charge in [0.1, 0.15) is 0 Å². The van der Waals surface area contributed by atoms with Crippen molar-refractivity contribution in [1.82, 2.24) is 0 Å². The molecule has 3 rings (SSSR count). The minimum Gasteiger partial charge on any atom is -0.399 e. The van der Waals surface area contributed by atoms with Crippen molar-refractivity contribution in [3.63, 3.8) is 0 Å². The highest BCUT2D eigenvalue weighted by Crippen LogP contribution is 2.38. The highest BCUT2D eigenvalue weighted by Gasteiger charge is 2.07. The predicted molar refractivity (Wildman–Crippen MR) is 88.1 cm³/mol. The van der Waals surface area contributed by atoms with Crippen molar-refractivity contribution in [2.45, 2.75) is 16.7 Å². The van der Waals surface area contributed by atoms with Gasteiger partial charge in [0.05, 0.1) is 0 Å². The first-order valence-electron chi connectivity index (χ1n) is 6.46. The van der Waals surface area contributed by atoms with Crippen molar-refractivity contribution in [3.8, 4) is 0 Å². The Hall–Kier alpha value is -2.13. The minimum atomic E-state index is 0.772. The number of rotatable bonds is 2. The predicted octanol–water partition coefficient (Wildman–Crippen LogP) is 4.46. The van der Waals surface area contributed by atoms with Gasteiger partial charge in [0, 0.05) is 21.2 Å². The van der Waals surface area contributed by atoms with E-state index in [1.807, 2.05) is 30.3 Å². The summed E-state index contributed by atoms with van der Waals surface area (Å²) >= 11 is 1.69. The van der Waals surface area contributed by atoms with E-state index < -0.39 is 0 Å². The molecule has 0 unspecified atom stereocenters. The molecule has 0 saturated carbocycles. The molecule has 3 aromatic rings. The topological polar surface area (TPSA) is 52.0 Å². The maximum atomic E-state index is 6.15. The lowest BCUT2D eigenvalue weighted by Gasteiger charge is -2.10. The fourth-order valence-corrected chi connectivity index (χ4v) is 3.16. The van der Waals surface area contributed by atoms with E-state index in [0.717, 1.165) is 27.0 Å². The molecule has 0 aliphatic heterocycles. The average molecular weight is 280 g/mol. The summed E-state index contributed by atoms with van der Waals surface area (Å²) in [5, 5.41) is 2.26. The normalized spacial score (nSPS) is 10.8. The van der Waals surface area contributed by atoms with Crippen molar-refractivity contribution in [3.05, 3.63) is 60.2 Å². The van der Waals surface area contributed by atoms with Gasteiger partial charge in [-0.15, -0.1) is 0 Å². The smallest absolute Gasteiger partial charge is 0.0462 e. The second kappa shape index (κ2) is 5.10. The summed E-state index contributed by atoms with van der Waals surface area (Å²) in [4.78, 5) is 2.28. The number of nitrogens with two attached hydrogens (primary N) is 2. The number of hydrogen-bond donors (Lipinski definition) is 2. The van der Waals surface area contributed by atoms with Crippen molar-refractivity contribution >= 4 is 33.9 Å². The molecule has 0 aromatic heterocycles. The van der Waals surface area contributed by atoms with Crippen LogP contribution in [0.25, 0.3) is 10.8 Å². The summed E-state index contributed by atoms with van der Waals surface area (Å²) < 4.78 is 0. The summed E-state index contributed by atoms with van der Waals surface area (Å²) in [5.41, 5.74) is 14.8. The van der Waals surface area contributed by atoms with E-state index >= 15 is 0 Å². The van der Waals surface area contributed by atoms with Gasteiger partial charge in [0.15, 0.2) is 0 Å². The van der Waals surface area contributed by atoms with Crippen molar-refractivity contribution < 1.29 is 0 Å². The summed E-state index contributed by atoms with van der Waals surface area (Å²) in [5.74, 6) is 0. The maximum Gasteiger partial charge on any atom is 0.0462 e.